The minimum absolute atomic E-state index is 0.355. The highest BCUT2D eigenvalue weighted by atomic mass is 16.3. The van der Waals surface area contributed by atoms with Gasteiger partial charge in [0.15, 0.2) is 0 Å². The molecular formula is C28H44O3. The third kappa shape index (κ3) is 5.26. The molecule has 2 unspecified atom stereocenters. The van der Waals surface area contributed by atoms with Crippen molar-refractivity contribution in [2.45, 2.75) is 103 Å². The van der Waals surface area contributed by atoms with Gasteiger partial charge in [0.1, 0.15) is 6.10 Å². The summed E-state index contributed by atoms with van der Waals surface area (Å²) in [7, 11) is 0. The van der Waals surface area contributed by atoms with E-state index in [4.69, 9.17) is 0 Å². The van der Waals surface area contributed by atoms with E-state index >= 15 is 0 Å². The fourth-order valence-corrected chi connectivity index (χ4v) is 6.71. The summed E-state index contributed by atoms with van der Waals surface area (Å²) in [6.45, 7) is 16.6. The number of hydrogen-bond donors (Lipinski definition) is 3. The van der Waals surface area contributed by atoms with Gasteiger partial charge >= 0.3 is 0 Å². The molecule has 0 aromatic carbocycles. The summed E-state index contributed by atoms with van der Waals surface area (Å²) in [5, 5.41) is 30.5. The van der Waals surface area contributed by atoms with Gasteiger partial charge < -0.3 is 15.3 Å². The van der Waals surface area contributed by atoms with Gasteiger partial charge in [0.05, 0.1) is 11.7 Å². The first kappa shape index (κ1) is 24.5. The molecule has 174 valence electrons. The van der Waals surface area contributed by atoms with Crippen LogP contribution >= 0.6 is 0 Å². The number of allylic oxidation sites excluding steroid dienone is 3. The average Bonchev–Trinajstić information content (AvgIpc) is 3.04. The van der Waals surface area contributed by atoms with E-state index in [0.29, 0.717) is 34.8 Å². The Balaban J connectivity index is 1.72. The first-order chi connectivity index (χ1) is 14.4. The Morgan fingerprint density at radius 1 is 1.19 bits per heavy atom. The maximum absolute atomic E-state index is 10.3. The van der Waals surface area contributed by atoms with Gasteiger partial charge in [-0.2, -0.15) is 0 Å². The molecule has 3 aliphatic rings. The highest BCUT2D eigenvalue weighted by Gasteiger charge is 2.50. The van der Waals surface area contributed by atoms with E-state index in [9.17, 15) is 15.3 Å². The van der Waals surface area contributed by atoms with Crippen LogP contribution in [0.2, 0.25) is 0 Å². The quantitative estimate of drug-likeness (QED) is 0.464. The molecule has 0 aliphatic heterocycles. The van der Waals surface area contributed by atoms with Crippen molar-refractivity contribution in [1.82, 2.24) is 0 Å². The zero-order valence-corrected chi connectivity index (χ0v) is 20.2. The van der Waals surface area contributed by atoms with Crippen LogP contribution in [-0.2, 0) is 0 Å². The van der Waals surface area contributed by atoms with Gasteiger partial charge in [0.25, 0.3) is 0 Å². The molecule has 3 nitrogen and oxygen atoms in total. The number of fused-ring (bicyclic) bond motifs is 1. The molecule has 0 amide bonds. The highest BCUT2D eigenvalue weighted by Crippen LogP contribution is 2.60. The zero-order chi connectivity index (χ0) is 23.0. The fourth-order valence-electron chi connectivity index (χ4n) is 6.71. The van der Waals surface area contributed by atoms with Crippen molar-refractivity contribution in [3.8, 4) is 0 Å². The van der Waals surface area contributed by atoms with E-state index in [0.717, 1.165) is 30.8 Å². The van der Waals surface area contributed by atoms with Gasteiger partial charge in [-0.25, -0.2) is 0 Å². The van der Waals surface area contributed by atoms with E-state index in [2.05, 4.69) is 39.2 Å². The largest absolute Gasteiger partial charge is 0.390 e. The summed E-state index contributed by atoms with van der Waals surface area (Å²) in [5.41, 5.74) is 3.41. The molecule has 0 aromatic heterocycles. The minimum Gasteiger partial charge on any atom is -0.390 e. The summed E-state index contributed by atoms with van der Waals surface area (Å²) < 4.78 is 0. The number of rotatable bonds is 6. The third-order valence-electron chi connectivity index (χ3n) is 8.61. The second-order valence-corrected chi connectivity index (χ2v) is 11.4. The molecule has 3 saturated carbocycles. The first-order valence-electron chi connectivity index (χ1n) is 12.3. The Morgan fingerprint density at radius 3 is 2.58 bits per heavy atom. The minimum atomic E-state index is -0.842. The van der Waals surface area contributed by atoms with Crippen molar-refractivity contribution in [1.29, 1.82) is 0 Å². The van der Waals surface area contributed by atoms with Crippen LogP contribution in [0.25, 0.3) is 0 Å². The third-order valence-corrected chi connectivity index (χ3v) is 8.61. The van der Waals surface area contributed by atoms with E-state index < -0.39 is 17.8 Å². The molecule has 0 spiro atoms. The number of aliphatic hydroxyl groups is 3. The first-order valence-corrected chi connectivity index (χ1v) is 12.3. The van der Waals surface area contributed by atoms with Crippen LogP contribution in [0, 0.1) is 23.2 Å². The van der Waals surface area contributed by atoms with Gasteiger partial charge in [-0.15, -0.1) is 0 Å². The Morgan fingerprint density at radius 2 is 1.90 bits per heavy atom. The Kier molecular flexibility index (Phi) is 7.40. The van der Waals surface area contributed by atoms with Crippen molar-refractivity contribution in [3.63, 3.8) is 0 Å². The lowest BCUT2D eigenvalue weighted by atomic mass is 9.60. The van der Waals surface area contributed by atoms with Crippen molar-refractivity contribution < 1.29 is 15.3 Å². The van der Waals surface area contributed by atoms with Gasteiger partial charge in [-0.3, -0.25) is 0 Å². The molecular weight excluding hydrogens is 384 g/mol. The second-order valence-electron chi connectivity index (χ2n) is 11.4. The molecule has 3 fully saturated rings. The number of hydrogen-bond acceptors (Lipinski definition) is 3. The van der Waals surface area contributed by atoms with Crippen LogP contribution in [0.3, 0.4) is 0 Å². The lowest BCUT2D eigenvalue weighted by molar-refractivity contribution is 0.0596. The van der Waals surface area contributed by atoms with E-state index in [-0.39, 0.29) is 0 Å². The molecule has 3 heteroatoms. The second kappa shape index (κ2) is 9.37. The molecule has 31 heavy (non-hydrogen) atoms. The molecule has 3 aliphatic carbocycles. The standard InChI is InChI=1S/C28H44O3/c1-18(9-7-15-27(4,5)31)23-13-14-24-21(10-8-16-28(23,24)6)11-12-22-17-25(29)20(3)26(30)19(22)2/h11-12,18,23-26,29-31H,2-3,7-10,13-17H2,1,4-6H3/b21-11+,22-12+/t18-,23?,24?,25+,26+,28+/m0/s1. The van der Waals surface area contributed by atoms with Crippen LogP contribution in [-0.4, -0.2) is 33.1 Å². The van der Waals surface area contributed by atoms with Gasteiger partial charge in [0.2, 0.25) is 0 Å². The summed E-state index contributed by atoms with van der Waals surface area (Å²) >= 11 is 0. The zero-order valence-electron chi connectivity index (χ0n) is 20.2. The molecule has 0 heterocycles. The van der Waals surface area contributed by atoms with Crippen LogP contribution in [0.15, 0.2) is 47.6 Å². The van der Waals surface area contributed by atoms with Crippen LogP contribution < -0.4 is 0 Å². The predicted molar refractivity (Wildman–Crippen MR) is 129 cm³/mol. The predicted octanol–water partition coefficient (Wildman–Crippen LogP) is 5.87. The normalized spacial score (nSPS) is 38.0. The summed E-state index contributed by atoms with van der Waals surface area (Å²) in [6.07, 6.45) is 12.7. The van der Waals surface area contributed by atoms with Crippen LogP contribution in [0.5, 0.6) is 0 Å². The molecule has 6 atom stereocenters. The lowest BCUT2D eigenvalue weighted by Gasteiger charge is -2.44. The summed E-state index contributed by atoms with van der Waals surface area (Å²) in [6, 6.07) is 0. The fraction of sp³-hybridized carbons (Fsp3) is 0.714. The van der Waals surface area contributed by atoms with Gasteiger partial charge in [-0.1, -0.05) is 57.6 Å². The van der Waals surface area contributed by atoms with Crippen molar-refractivity contribution in [2.75, 3.05) is 0 Å². The smallest absolute Gasteiger partial charge is 0.102 e. The highest BCUT2D eigenvalue weighted by molar-refractivity contribution is 5.45. The van der Waals surface area contributed by atoms with Gasteiger partial charge in [-0.05, 0) is 92.3 Å². The van der Waals surface area contributed by atoms with E-state index in [1.807, 2.05) is 13.8 Å². The van der Waals surface area contributed by atoms with Crippen molar-refractivity contribution >= 4 is 0 Å². The Hall–Kier alpha value is -1.16. The molecule has 0 radical (unpaired) electrons. The monoisotopic (exact) mass is 428 g/mol. The molecule has 0 bridgehead atoms. The Labute approximate surface area is 189 Å². The Bertz CT molecular complexity index is 753. The SMILES string of the molecule is C=C1/C(=C/C=C2\CCC[C@@]3(C)C2CCC3[C@@H](C)CCCC(C)(C)O)C[C@@H](O)C(=C)[C@@H]1O. The van der Waals surface area contributed by atoms with E-state index in [1.54, 1.807) is 0 Å². The summed E-state index contributed by atoms with van der Waals surface area (Å²) in [4.78, 5) is 0. The van der Waals surface area contributed by atoms with E-state index in [1.165, 1.54) is 37.7 Å². The van der Waals surface area contributed by atoms with Crippen molar-refractivity contribution in [2.24, 2.45) is 23.2 Å². The average molecular weight is 429 g/mol. The van der Waals surface area contributed by atoms with Crippen LogP contribution in [0.4, 0.5) is 0 Å². The lowest BCUT2D eigenvalue weighted by Crippen LogP contribution is -2.36. The number of aliphatic hydroxyl groups excluding tert-OH is 2. The maximum atomic E-state index is 10.3. The summed E-state index contributed by atoms with van der Waals surface area (Å²) in [5.74, 6) is 2.05. The molecule has 3 rings (SSSR count). The molecule has 3 N–H and O–H groups in total. The molecule has 0 aromatic rings. The van der Waals surface area contributed by atoms with Gasteiger partial charge in [0, 0.05) is 6.42 Å². The van der Waals surface area contributed by atoms with Crippen LogP contribution in [0.1, 0.15) is 85.5 Å². The molecule has 0 saturated heterocycles. The van der Waals surface area contributed by atoms with Crippen molar-refractivity contribution in [3.05, 3.63) is 47.6 Å². The maximum Gasteiger partial charge on any atom is 0.102 e. The topological polar surface area (TPSA) is 60.7 Å².